The van der Waals surface area contributed by atoms with E-state index < -0.39 is 0 Å². The lowest BCUT2D eigenvalue weighted by Crippen LogP contribution is -2.25. The Hall–Kier alpha value is -1.30. The third-order valence-corrected chi connectivity index (χ3v) is 4.48. The Balaban J connectivity index is 2.07. The first-order chi connectivity index (χ1) is 8.56. The highest BCUT2D eigenvalue weighted by Gasteiger charge is 2.29. The fourth-order valence-electron chi connectivity index (χ4n) is 2.47. The van der Waals surface area contributed by atoms with Crippen LogP contribution >= 0.6 is 11.5 Å². The van der Waals surface area contributed by atoms with Crippen LogP contribution in [0.3, 0.4) is 0 Å². The van der Waals surface area contributed by atoms with Crippen LogP contribution in [0.1, 0.15) is 43.0 Å². The van der Waals surface area contributed by atoms with Gasteiger partial charge in [0, 0.05) is 13.6 Å². The van der Waals surface area contributed by atoms with Gasteiger partial charge in [0.05, 0.1) is 0 Å². The quantitative estimate of drug-likeness (QED) is 0.781. The number of carbonyl (C=O) groups is 1. The standard InChI is InChI=1S/C12H20N4OS/c1-12(5-3-4-6-12)7-15-11-8(10(17)14-2)9(13)16-18-11/h15H,3-7H2,1-2H3,(H2,13,16)(H,14,17). The molecule has 1 aromatic rings. The summed E-state index contributed by atoms with van der Waals surface area (Å²) in [7, 11) is 1.60. The minimum absolute atomic E-state index is 0.180. The van der Waals surface area contributed by atoms with Gasteiger partial charge < -0.3 is 16.4 Å². The highest BCUT2D eigenvalue weighted by molar-refractivity contribution is 7.11. The number of nitrogens with zero attached hydrogens (tertiary/aromatic N) is 1. The molecule has 0 atom stereocenters. The Morgan fingerprint density at radius 1 is 1.50 bits per heavy atom. The van der Waals surface area contributed by atoms with Crippen molar-refractivity contribution in [1.82, 2.24) is 9.69 Å². The predicted octanol–water partition coefficient (Wildman–Crippen LogP) is 2.08. The van der Waals surface area contributed by atoms with Gasteiger partial charge in [-0.15, -0.1) is 0 Å². The van der Waals surface area contributed by atoms with E-state index in [0.29, 0.717) is 16.8 Å². The normalized spacial score (nSPS) is 17.7. The Morgan fingerprint density at radius 2 is 2.17 bits per heavy atom. The molecule has 18 heavy (non-hydrogen) atoms. The molecule has 0 saturated heterocycles. The zero-order chi connectivity index (χ0) is 13.2. The molecule has 0 aromatic carbocycles. The van der Waals surface area contributed by atoms with E-state index in [1.165, 1.54) is 37.2 Å². The van der Waals surface area contributed by atoms with Crippen LogP contribution in [0.25, 0.3) is 0 Å². The van der Waals surface area contributed by atoms with E-state index in [2.05, 4.69) is 21.9 Å². The highest BCUT2D eigenvalue weighted by Crippen LogP contribution is 2.38. The number of nitrogen functional groups attached to an aromatic ring is 1. The second-order valence-corrected chi connectivity index (χ2v) is 6.00. The third kappa shape index (κ3) is 2.58. The van der Waals surface area contributed by atoms with Crippen LogP contribution in [-0.2, 0) is 0 Å². The van der Waals surface area contributed by atoms with E-state index in [1.807, 2.05) is 0 Å². The zero-order valence-corrected chi connectivity index (χ0v) is 11.7. The third-order valence-electron chi connectivity index (χ3n) is 3.66. The van der Waals surface area contributed by atoms with Gasteiger partial charge in [-0.3, -0.25) is 4.79 Å². The summed E-state index contributed by atoms with van der Waals surface area (Å²) in [5, 5.41) is 6.72. The van der Waals surface area contributed by atoms with Crippen LogP contribution in [0.2, 0.25) is 0 Å². The van der Waals surface area contributed by atoms with Crippen molar-refractivity contribution >= 4 is 28.3 Å². The molecule has 0 unspecified atom stereocenters. The zero-order valence-electron chi connectivity index (χ0n) is 10.9. The Labute approximate surface area is 111 Å². The highest BCUT2D eigenvalue weighted by atomic mass is 32.1. The SMILES string of the molecule is CNC(=O)c1c(N)nsc1NCC1(C)CCCC1. The summed E-state index contributed by atoms with van der Waals surface area (Å²) in [4.78, 5) is 11.7. The fraction of sp³-hybridized carbons (Fsp3) is 0.667. The van der Waals surface area contributed by atoms with Gasteiger partial charge in [-0.2, -0.15) is 4.37 Å². The van der Waals surface area contributed by atoms with Crippen LogP contribution < -0.4 is 16.4 Å². The molecule has 1 amide bonds. The Morgan fingerprint density at radius 3 is 2.78 bits per heavy atom. The van der Waals surface area contributed by atoms with Gasteiger partial charge in [-0.25, -0.2) is 0 Å². The number of nitrogens with one attached hydrogen (secondary N) is 2. The molecular weight excluding hydrogens is 248 g/mol. The summed E-state index contributed by atoms with van der Waals surface area (Å²) >= 11 is 1.25. The second-order valence-electron chi connectivity index (χ2n) is 5.22. The predicted molar refractivity (Wildman–Crippen MR) is 75.0 cm³/mol. The maximum Gasteiger partial charge on any atom is 0.257 e. The number of carbonyl (C=O) groups excluding carboxylic acids is 1. The minimum atomic E-state index is -0.180. The summed E-state index contributed by atoms with van der Waals surface area (Å²) in [5.74, 6) is 0.124. The van der Waals surface area contributed by atoms with Crippen LogP contribution in [0, 0.1) is 5.41 Å². The molecular formula is C12H20N4OS. The van der Waals surface area contributed by atoms with Gasteiger partial charge >= 0.3 is 0 Å². The number of rotatable bonds is 4. The van der Waals surface area contributed by atoms with Crippen LogP contribution in [0.5, 0.6) is 0 Å². The van der Waals surface area contributed by atoms with Gasteiger partial charge in [0.15, 0.2) is 5.82 Å². The Bertz CT molecular complexity index is 437. The molecule has 1 aromatic heterocycles. The molecule has 0 bridgehead atoms. The molecule has 2 rings (SSSR count). The van der Waals surface area contributed by atoms with E-state index >= 15 is 0 Å². The number of hydrogen-bond acceptors (Lipinski definition) is 5. The first-order valence-corrected chi connectivity index (χ1v) is 7.04. The average molecular weight is 268 g/mol. The fourth-order valence-corrected chi connectivity index (χ4v) is 3.17. The largest absolute Gasteiger partial charge is 0.382 e. The van der Waals surface area contributed by atoms with Crippen molar-refractivity contribution in [3.8, 4) is 0 Å². The summed E-state index contributed by atoms with van der Waals surface area (Å²) in [6, 6.07) is 0. The van der Waals surface area contributed by atoms with E-state index in [-0.39, 0.29) is 5.91 Å². The molecule has 1 aliphatic rings. The van der Waals surface area contributed by atoms with Gasteiger partial charge in [0.2, 0.25) is 0 Å². The number of aromatic nitrogens is 1. The van der Waals surface area contributed by atoms with E-state index in [0.717, 1.165) is 11.5 Å². The van der Waals surface area contributed by atoms with E-state index in [1.54, 1.807) is 7.05 Å². The van der Waals surface area contributed by atoms with Gasteiger partial charge in [0.1, 0.15) is 10.6 Å². The molecule has 1 saturated carbocycles. The molecule has 0 spiro atoms. The molecule has 100 valence electrons. The first kappa shape index (κ1) is 13.1. The first-order valence-electron chi connectivity index (χ1n) is 6.27. The van der Waals surface area contributed by atoms with E-state index in [4.69, 9.17) is 5.73 Å². The molecule has 5 nitrogen and oxygen atoms in total. The summed E-state index contributed by atoms with van der Waals surface area (Å²) < 4.78 is 4.05. The monoisotopic (exact) mass is 268 g/mol. The molecule has 0 aliphatic heterocycles. The van der Waals surface area contributed by atoms with Crippen molar-refractivity contribution in [2.45, 2.75) is 32.6 Å². The summed E-state index contributed by atoms with van der Waals surface area (Å²) in [5.41, 5.74) is 6.54. The van der Waals surface area contributed by atoms with Crippen molar-refractivity contribution in [2.75, 3.05) is 24.6 Å². The van der Waals surface area contributed by atoms with Gasteiger partial charge in [-0.05, 0) is 29.8 Å². The number of anilines is 2. The molecule has 4 N–H and O–H groups in total. The lowest BCUT2D eigenvalue weighted by Gasteiger charge is -2.23. The molecule has 6 heteroatoms. The maximum atomic E-state index is 11.7. The molecule has 1 fully saturated rings. The van der Waals surface area contributed by atoms with Crippen molar-refractivity contribution in [1.29, 1.82) is 0 Å². The smallest absolute Gasteiger partial charge is 0.257 e. The second kappa shape index (κ2) is 5.14. The summed E-state index contributed by atoms with van der Waals surface area (Å²) in [6.07, 6.45) is 5.07. The molecule has 0 radical (unpaired) electrons. The average Bonchev–Trinajstić information content (AvgIpc) is 2.93. The topological polar surface area (TPSA) is 80.0 Å². The van der Waals surface area contributed by atoms with Crippen molar-refractivity contribution in [3.05, 3.63) is 5.56 Å². The lowest BCUT2D eigenvalue weighted by molar-refractivity contribution is 0.0965. The minimum Gasteiger partial charge on any atom is -0.382 e. The van der Waals surface area contributed by atoms with Crippen LogP contribution in [0.4, 0.5) is 10.8 Å². The van der Waals surface area contributed by atoms with Crippen molar-refractivity contribution in [3.63, 3.8) is 0 Å². The number of hydrogen-bond donors (Lipinski definition) is 3. The maximum absolute atomic E-state index is 11.7. The van der Waals surface area contributed by atoms with E-state index in [9.17, 15) is 4.79 Å². The molecule has 1 heterocycles. The van der Waals surface area contributed by atoms with Gasteiger partial charge in [-0.1, -0.05) is 19.8 Å². The van der Waals surface area contributed by atoms with Crippen LogP contribution in [0.15, 0.2) is 0 Å². The van der Waals surface area contributed by atoms with Crippen molar-refractivity contribution < 1.29 is 4.79 Å². The lowest BCUT2D eigenvalue weighted by atomic mass is 9.89. The number of nitrogens with two attached hydrogens (primary N) is 1. The number of amides is 1. The van der Waals surface area contributed by atoms with Crippen LogP contribution in [-0.4, -0.2) is 23.9 Å². The van der Waals surface area contributed by atoms with Crippen molar-refractivity contribution in [2.24, 2.45) is 5.41 Å². The summed E-state index contributed by atoms with van der Waals surface area (Å²) in [6.45, 7) is 3.16. The Kier molecular flexibility index (Phi) is 3.75. The van der Waals surface area contributed by atoms with Gasteiger partial charge in [0.25, 0.3) is 5.91 Å². The molecule has 1 aliphatic carbocycles.